The molecule has 0 atom stereocenters. The normalized spacial score (nSPS) is 5.75. The topological polar surface area (TPSA) is 26.3 Å². The van der Waals surface area contributed by atoms with Crippen LogP contribution in [-0.2, 0) is 9.53 Å². The molecule has 0 aromatic heterocycles. The molecule has 0 rings (SSSR count). The van der Waals surface area contributed by atoms with Gasteiger partial charge >= 0.3 is 35.5 Å². The molecule has 0 saturated carbocycles. The standard InChI is InChI=1S/C4H8O2.HI.Na/c1-3-6-4(2)5;;/h3H2,1-2H3;1H;/q;;+1/p-1. The summed E-state index contributed by atoms with van der Waals surface area (Å²) in [7, 11) is 0. The maximum atomic E-state index is 9.82. The van der Waals surface area contributed by atoms with E-state index in [-0.39, 0.29) is 59.5 Å². The number of esters is 1. The van der Waals surface area contributed by atoms with Crippen LogP contribution in [0.5, 0.6) is 0 Å². The van der Waals surface area contributed by atoms with Crippen molar-refractivity contribution in [2.24, 2.45) is 0 Å². The summed E-state index contributed by atoms with van der Waals surface area (Å²) in [5.74, 6) is -0.211. The zero-order chi connectivity index (χ0) is 4.99. The van der Waals surface area contributed by atoms with E-state index in [0.717, 1.165) is 0 Å². The van der Waals surface area contributed by atoms with Gasteiger partial charge in [-0.3, -0.25) is 4.79 Å². The van der Waals surface area contributed by atoms with Crippen molar-refractivity contribution in [1.29, 1.82) is 0 Å². The van der Waals surface area contributed by atoms with Crippen molar-refractivity contribution in [2.45, 2.75) is 13.8 Å². The second kappa shape index (κ2) is 11.1. The van der Waals surface area contributed by atoms with Crippen LogP contribution in [0.3, 0.4) is 0 Å². The Morgan fingerprint density at radius 1 is 1.62 bits per heavy atom. The molecule has 0 heterocycles. The van der Waals surface area contributed by atoms with Crippen LogP contribution in [0.1, 0.15) is 13.8 Å². The van der Waals surface area contributed by atoms with Gasteiger partial charge < -0.3 is 28.7 Å². The summed E-state index contributed by atoms with van der Waals surface area (Å²) in [6.45, 7) is 3.65. The van der Waals surface area contributed by atoms with Crippen molar-refractivity contribution in [1.82, 2.24) is 0 Å². The Kier molecular flexibility index (Phi) is 22.2. The molecule has 2 nitrogen and oxygen atoms in total. The first-order chi connectivity index (χ1) is 2.77. The first-order valence-electron chi connectivity index (χ1n) is 1.90. The smallest absolute Gasteiger partial charge is 1.00 e. The fourth-order valence-electron chi connectivity index (χ4n) is 0.203. The van der Waals surface area contributed by atoms with E-state index in [9.17, 15) is 4.79 Å². The molecule has 0 aliphatic heterocycles. The number of ether oxygens (including phenoxy) is 1. The SMILES string of the molecule is CCOC(C)=O.[I-].[Na+]. The molecule has 44 valence electrons. The number of halogens is 1. The third-order valence-corrected chi connectivity index (χ3v) is 0.348. The van der Waals surface area contributed by atoms with E-state index in [0.29, 0.717) is 6.61 Å². The molecule has 0 aliphatic carbocycles. The molecule has 0 aromatic rings. The first-order valence-corrected chi connectivity index (χ1v) is 1.90. The van der Waals surface area contributed by atoms with Crippen molar-refractivity contribution in [3.63, 3.8) is 0 Å². The molecule has 0 spiro atoms. The van der Waals surface area contributed by atoms with Crippen molar-refractivity contribution in [3.05, 3.63) is 0 Å². The van der Waals surface area contributed by atoms with Gasteiger partial charge in [-0.15, -0.1) is 0 Å². The first kappa shape index (κ1) is 16.1. The van der Waals surface area contributed by atoms with Gasteiger partial charge in [0.05, 0.1) is 6.61 Å². The van der Waals surface area contributed by atoms with E-state index in [4.69, 9.17) is 0 Å². The van der Waals surface area contributed by atoms with Crippen LogP contribution in [0, 0.1) is 0 Å². The molecule has 0 aliphatic rings. The Morgan fingerprint density at radius 3 is 2.00 bits per heavy atom. The summed E-state index contributed by atoms with van der Waals surface area (Å²) >= 11 is 0. The van der Waals surface area contributed by atoms with Crippen molar-refractivity contribution in [2.75, 3.05) is 6.61 Å². The number of hydrogen-bond acceptors (Lipinski definition) is 2. The third-order valence-electron chi connectivity index (χ3n) is 0.348. The summed E-state index contributed by atoms with van der Waals surface area (Å²) in [4.78, 5) is 9.82. The quantitative estimate of drug-likeness (QED) is 0.259. The van der Waals surface area contributed by atoms with Crippen LogP contribution in [0.2, 0.25) is 0 Å². The average molecular weight is 238 g/mol. The van der Waals surface area contributed by atoms with Crippen LogP contribution in [0.15, 0.2) is 0 Å². The van der Waals surface area contributed by atoms with Crippen molar-refractivity contribution >= 4 is 5.97 Å². The van der Waals surface area contributed by atoms with Gasteiger partial charge in [0.2, 0.25) is 0 Å². The maximum Gasteiger partial charge on any atom is 1.00 e. The molecule has 8 heavy (non-hydrogen) atoms. The zero-order valence-corrected chi connectivity index (χ0v) is 9.56. The van der Waals surface area contributed by atoms with Crippen LogP contribution in [0.25, 0.3) is 0 Å². The fraction of sp³-hybridized carbons (Fsp3) is 0.750. The van der Waals surface area contributed by atoms with E-state index in [1.165, 1.54) is 6.92 Å². The molecule has 0 N–H and O–H groups in total. The van der Waals surface area contributed by atoms with Crippen LogP contribution >= 0.6 is 0 Å². The largest absolute Gasteiger partial charge is 1.00 e. The van der Waals surface area contributed by atoms with Gasteiger partial charge in [0.1, 0.15) is 0 Å². The minimum Gasteiger partial charge on any atom is -1.00 e. The molecule has 0 amide bonds. The van der Waals surface area contributed by atoms with E-state index < -0.39 is 0 Å². The van der Waals surface area contributed by atoms with Gasteiger partial charge in [-0.05, 0) is 6.92 Å². The molecular formula is C4H8INaO2. The second-order valence-corrected chi connectivity index (χ2v) is 0.925. The summed E-state index contributed by atoms with van der Waals surface area (Å²) in [6.07, 6.45) is 0. The number of carbonyl (C=O) groups is 1. The summed E-state index contributed by atoms with van der Waals surface area (Å²) in [6, 6.07) is 0. The molecule has 0 unspecified atom stereocenters. The average Bonchev–Trinajstić information content (AvgIpc) is 1.35. The molecule has 0 aromatic carbocycles. The molecule has 0 fully saturated rings. The van der Waals surface area contributed by atoms with E-state index in [2.05, 4.69) is 4.74 Å². The Balaban J connectivity index is -0.000000125. The van der Waals surface area contributed by atoms with Gasteiger partial charge in [0.15, 0.2) is 0 Å². The Morgan fingerprint density at radius 2 is 2.00 bits per heavy atom. The van der Waals surface area contributed by atoms with Crippen LogP contribution < -0.4 is 53.5 Å². The minimum atomic E-state index is -0.211. The molecular weight excluding hydrogens is 230 g/mol. The molecule has 0 bridgehead atoms. The summed E-state index contributed by atoms with van der Waals surface area (Å²) < 4.78 is 4.40. The van der Waals surface area contributed by atoms with Crippen molar-refractivity contribution < 1.29 is 63.1 Å². The van der Waals surface area contributed by atoms with Gasteiger partial charge in [-0.2, -0.15) is 0 Å². The Bertz CT molecular complexity index is 58.0. The van der Waals surface area contributed by atoms with Gasteiger partial charge in [-0.25, -0.2) is 0 Å². The Labute approximate surface area is 88.7 Å². The Hall–Kier alpha value is 1.20. The summed E-state index contributed by atoms with van der Waals surface area (Å²) in [5.41, 5.74) is 0. The number of rotatable bonds is 1. The predicted molar refractivity (Wildman–Crippen MR) is 22.3 cm³/mol. The minimum absolute atomic E-state index is 0. The third kappa shape index (κ3) is 15.7. The van der Waals surface area contributed by atoms with Gasteiger partial charge in [0.25, 0.3) is 0 Å². The summed E-state index contributed by atoms with van der Waals surface area (Å²) in [5, 5.41) is 0. The monoisotopic (exact) mass is 238 g/mol. The van der Waals surface area contributed by atoms with Crippen LogP contribution in [-0.4, -0.2) is 12.6 Å². The second-order valence-electron chi connectivity index (χ2n) is 0.925. The number of carbonyl (C=O) groups excluding carboxylic acids is 1. The van der Waals surface area contributed by atoms with E-state index in [1.807, 2.05) is 0 Å². The molecule has 0 saturated heterocycles. The van der Waals surface area contributed by atoms with Crippen LogP contribution in [0.4, 0.5) is 0 Å². The molecule has 4 heteroatoms. The van der Waals surface area contributed by atoms with Gasteiger partial charge in [-0.1, -0.05) is 0 Å². The molecule has 0 radical (unpaired) electrons. The maximum absolute atomic E-state index is 9.82. The van der Waals surface area contributed by atoms with Crippen molar-refractivity contribution in [3.8, 4) is 0 Å². The number of hydrogen-bond donors (Lipinski definition) is 0. The van der Waals surface area contributed by atoms with Gasteiger partial charge in [0, 0.05) is 6.92 Å². The van der Waals surface area contributed by atoms with E-state index >= 15 is 0 Å². The fourth-order valence-corrected chi connectivity index (χ4v) is 0.203. The zero-order valence-electron chi connectivity index (χ0n) is 5.40. The predicted octanol–water partition coefficient (Wildman–Crippen LogP) is -5.42. The van der Waals surface area contributed by atoms with E-state index in [1.54, 1.807) is 6.92 Å².